The lowest BCUT2D eigenvalue weighted by Gasteiger charge is -2.24. The molecule has 0 aliphatic carbocycles. The molecule has 0 fully saturated rings. The SMILES string of the molecule is CCc1ccc(C(CN(C)Cc2cccnc2)NC)cc1. The van der Waals surface area contributed by atoms with Gasteiger partial charge in [0.2, 0.25) is 0 Å². The Balaban J connectivity index is 1.97. The smallest absolute Gasteiger partial charge is 0.0446 e. The fourth-order valence-electron chi connectivity index (χ4n) is 2.53. The Morgan fingerprint density at radius 3 is 2.48 bits per heavy atom. The van der Waals surface area contributed by atoms with Crippen LogP contribution < -0.4 is 5.32 Å². The highest BCUT2D eigenvalue weighted by atomic mass is 15.1. The number of hydrogen-bond donors (Lipinski definition) is 1. The monoisotopic (exact) mass is 283 g/mol. The molecule has 1 atom stereocenters. The summed E-state index contributed by atoms with van der Waals surface area (Å²) in [7, 11) is 4.17. The van der Waals surface area contributed by atoms with Crippen molar-refractivity contribution in [2.75, 3.05) is 20.6 Å². The number of aryl methyl sites for hydroxylation is 1. The van der Waals surface area contributed by atoms with Gasteiger partial charge in [0.25, 0.3) is 0 Å². The maximum atomic E-state index is 4.17. The van der Waals surface area contributed by atoms with E-state index >= 15 is 0 Å². The van der Waals surface area contributed by atoms with Crippen LogP contribution in [0.25, 0.3) is 0 Å². The Morgan fingerprint density at radius 1 is 1.14 bits per heavy atom. The van der Waals surface area contributed by atoms with Gasteiger partial charge < -0.3 is 10.2 Å². The Morgan fingerprint density at radius 2 is 1.90 bits per heavy atom. The summed E-state index contributed by atoms with van der Waals surface area (Å²) in [5.74, 6) is 0. The molecule has 0 radical (unpaired) electrons. The van der Waals surface area contributed by atoms with Crippen molar-refractivity contribution in [3.8, 4) is 0 Å². The Labute approximate surface area is 128 Å². The van der Waals surface area contributed by atoms with E-state index in [1.54, 1.807) is 0 Å². The second kappa shape index (κ2) is 7.91. The first-order valence-corrected chi connectivity index (χ1v) is 7.56. The van der Waals surface area contributed by atoms with Crippen LogP contribution >= 0.6 is 0 Å². The molecule has 1 aromatic heterocycles. The molecule has 0 amide bonds. The maximum Gasteiger partial charge on any atom is 0.0446 e. The molecule has 21 heavy (non-hydrogen) atoms. The van der Waals surface area contributed by atoms with Gasteiger partial charge in [0.05, 0.1) is 0 Å². The van der Waals surface area contributed by atoms with Crippen LogP contribution in [-0.2, 0) is 13.0 Å². The number of likely N-dealkylation sites (N-methyl/N-ethyl adjacent to an activating group) is 2. The largest absolute Gasteiger partial charge is 0.312 e. The predicted molar refractivity (Wildman–Crippen MR) is 88.2 cm³/mol. The van der Waals surface area contributed by atoms with Crippen molar-refractivity contribution in [3.63, 3.8) is 0 Å². The Hall–Kier alpha value is -1.71. The lowest BCUT2D eigenvalue weighted by molar-refractivity contribution is 0.289. The quantitative estimate of drug-likeness (QED) is 0.846. The topological polar surface area (TPSA) is 28.2 Å². The van der Waals surface area contributed by atoms with Gasteiger partial charge in [-0.25, -0.2) is 0 Å². The van der Waals surface area contributed by atoms with Gasteiger partial charge in [0.15, 0.2) is 0 Å². The molecule has 0 spiro atoms. The van der Waals surface area contributed by atoms with E-state index in [0.29, 0.717) is 6.04 Å². The molecule has 3 nitrogen and oxygen atoms in total. The summed E-state index contributed by atoms with van der Waals surface area (Å²) in [6.45, 7) is 4.07. The van der Waals surface area contributed by atoms with Gasteiger partial charge in [-0.1, -0.05) is 37.3 Å². The van der Waals surface area contributed by atoms with Gasteiger partial charge in [-0.05, 0) is 43.3 Å². The molecule has 0 aliphatic heterocycles. The minimum absolute atomic E-state index is 0.345. The van der Waals surface area contributed by atoms with Crippen LogP contribution in [0.3, 0.4) is 0 Å². The zero-order valence-electron chi connectivity index (χ0n) is 13.2. The van der Waals surface area contributed by atoms with Crippen LogP contribution in [0.15, 0.2) is 48.8 Å². The van der Waals surface area contributed by atoms with E-state index in [-0.39, 0.29) is 0 Å². The molecule has 0 saturated heterocycles. The standard InChI is InChI=1S/C18H25N3/c1-4-15-7-9-17(10-8-15)18(19-2)14-21(3)13-16-6-5-11-20-12-16/h5-12,18-19H,4,13-14H2,1-3H3. The number of nitrogens with zero attached hydrogens (tertiary/aromatic N) is 2. The summed E-state index contributed by atoms with van der Waals surface area (Å²) in [6.07, 6.45) is 4.83. The van der Waals surface area contributed by atoms with Crippen molar-refractivity contribution in [2.24, 2.45) is 0 Å². The van der Waals surface area contributed by atoms with Crippen molar-refractivity contribution in [3.05, 3.63) is 65.5 Å². The van der Waals surface area contributed by atoms with Crippen LogP contribution in [0.1, 0.15) is 29.7 Å². The fourth-order valence-corrected chi connectivity index (χ4v) is 2.53. The number of hydrogen-bond acceptors (Lipinski definition) is 3. The first-order chi connectivity index (χ1) is 10.2. The molecule has 1 heterocycles. The molecule has 0 saturated carbocycles. The zero-order valence-corrected chi connectivity index (χ0v) is 13.2. The molecule has 1 N–H and O–H groups in total. The summed E-state index contributed by atoms with van der Waals surface area (Å²) in [5.41, 5.74) is 3.97. The summed E-state index contributed by atoms with van der Waals surface area (Å²) in [4.78, 5) is 6.50. The molecule has 1 aromatic carbocycles. The zero-order chi connectivity index (χ0) is 15.1. The van der Waals surface area contributed by atoms with Crippen molar-refractivity contribution < 1.29 is 0 Å². The molecule has 0 aliphatic rings. The fraction of sp³-hybridized carbons (Fsp3) is 0.389. The van der Waals surface area contributed by atoms with Crippen molar-refractivity contribution in [2.45, 2.75) is 25.9 Å². The van der Waals surface area contributed by atoms with Gasteiger partial charge in [-0.3, -0.25) is 4.98 Å². The average Bonchev–Trinajstić information content (AvgIpc) is 2.53. The predicted octanol–water partition coefficient (Wildman–Crippen LogP) is 3.04. The molecule has 2 rings (SSSR count). The molecule has 1 unspecified atom stereocenters. The third kappa shape index (κ3) is 4.66. The van der Waals surface area contributed by atoms with E-state index in [9.17, 15) is 0 Å². The molecule has 112 valence electrons. The van der Waals surface area contributed by atoms with Gasteiger partial charge in [-0.2, -0.15) is 0 Å². The van der Waals surface area contributed by atoms with E-state index in [1.165, 1.54) is 16.7 Å². The average molecular weight is 283 g/mol. The van der Waals surface area contributed by atoms with Crippen LogP contribution in [-0.4, -0.2) is 30.5 Å². The third-order valence-corrected chi connectivity index (χ3v) is 3.81. The summed E-state index contributed by atoms with van der Waals surface area (Å²) >= 11 is 0. The second-order valence-corrected chi connectivity index (χ2v) is 5.49. The Bertz CT molecular complexity index is 522. The summed E-state index contributed by atoms with van der Waals surface area (Å²) < 4.78 is 0. The Kier molecular flexibility index (Phi) is 5.90. The van der Waals surface area contributed by atoms with Gasteiger partial charge in [0, 0.05) is 31.5 Å². The van der Waals surface area contributed by atoms with Gasteiger partial charge in [0.1, 0.15) is 0 Å². The lowest BCUT2D eigenvalue weighted by Crippen LogP contribution is -2.31. The number of pyridine rings is 1. The lowest BCUT2D eigenvalue weighted by atomic mass is 10.0. The van der Waals surface area contributed by atoms with E-state index < -0.39 is 0 Å². The number of rotatable bonds is 7. The van der Waals surface area contributed by atoms with Crippen molar-refractivity contribution >= 4 is 0 Å². The van der Waals surface area contributed by atoms with E-state index in [4.69, 9.17) is 0 Å². The molecular formula is C18H25N3. The van der Waals surface area contributed by atoms with Crippen molar-refractivity contribution in [1.29, 1.82) is 0 Å². The first kappa shape index (κ1) is 15.7. The number of nitrogens with one attached hydrogen (secondary N) is 1. The highest BCUT2D eigenvalue weighted by Crippen LogP contribution is 2.16. The van der Waals surface area contributed by atoms with Crippen molar-refractivity contribution in [1.82, 2.24) is 15.2 Å². The minimum atomic E-state index is 0.345. The van der Waals surface area contributed by atoms with E-state index in [0.717, 1.165) is 19.5 Å². The highest BCUT2D eigenvalue weighted by Gasteiger charge is 2.12. The maximum absolute atomic E-state index is 4.17. The summed E-state index contributed by atoms with van der Waals surface area (Å²) in [6, 6.07) is 13.4. The molecule has 3 heteroatoms. The van der Waals surface area contributed by atoms with E-state index in [2.05, 4.69) is 59.5 Å². The van der Waals surface area contributed by atoms with E-state index in [1.807, 2.05) is 25.5 Å². The van der Waals surface area contributed by atoms with Crippen LogP contribution in [0.5, 0.6) is 0 Å². The summed E-state index contributed by atoms with van der Waals surface area (Å²) in [5, 5.41) is 3.42. The van der Waals surface area contributed by atoms with Crippen LogP contribution in [0, 0.1) is 0 Å². The molecular weight excluding hydrogens is 258 g/mol. The molecule has 2 aromatic rings. The van der Waals surface area contributed by atoms with Crippen LogP contribution in [0.2, 0.25) is 0 Å². The third-order valence-electron chi connectivity index (χ3n) is 3.81. The second-order valence-electron chi connectivity index (χ2n) is 5.49. The van der Waals surface area contributed by atoms with Gasteiger partial charge >= 0.3 is 0 Å². The first-order valence-electron chi connectivity index (χ1n) is 7.56. The number of benzene rings is 1. The molecule has 0 bridgehead atoms. The minimum Gasteiger partial charge on any atom is -0.312 e. The normalized spacial score (nSPS) is 12.6. The van der Waals surface area contributed by atoms with Crippen LogP contribution in [0.4, 0.5) is 0 Å². The number of aromatic nitrogens is 1. The highest BCUT2D eigenvalue weighted by molar-refractivity contribution is 5.25. The van der Waals surface area contributed by atoms with Gasteiger partial charge in [-0.15, -0.1) is 0 Å².